The molecule has 3 nitrogen and oxygen atoms in total. The van der Waals surface area contributed by atoms with Crippen molar-refractivity contribution in [2.75, 3.05) is 7.11 Å². The summed E-state index contributed by atoms with van der Waals surface area (Å²) in [6.45, 7) is 0.207. The van der Waals surface area contributed by atoms with Crippen LogP contribution in [0.4, 0.5) is 13.2 Å². The van der Waals surface area contributed by atoms with Gasteiger partial charge in [0.05, 0.1) is 25.4 Å². The molecule has 0 bridgehead atoms. The van der Waals surface area contributed by atoms with Crippen LogP contribution in [0.5, 0.6) is 5.75 Å². The van der Waals surface area contributed by atoms with E-state index in [0.29, 0.717) is 5.75 Å². The summed E-state index contributed by atoms with van der Waals surface area (Å²) in [6.07, 6.45) is -2.59. The molecule has 0 amide bonds. The summed E-state index contributed by atoms with van der Waals surface area (Å²) in [7, 11) is 1.51. The summed E-state index contributed by atoms with van der Waals surface area (Å²) in [4.78, 5) is 0. The molecule has 19 heavy (non-hydrogen) atoms. The zero-order chi connectivity index (χ0) is 14.0. The normalized spacial score (nSPS) is 11.6. The van der Waals surface area contributed by atoms with Crippen molar-refractivity contribution in [3.8, 4) is 5.75 Å². The maximum Gasteiger partial charge on any atom is 0.419 e. The zero-order valence-electron chi connectivity index (χ0n) is 9.91. The Labute approximate surface area is 116 Å². The van der Waals surface area contributed by atoms with Gasteiger partial charge in [-0.15, -0.1) is 0 Å². The van der Waals surface area contributed by atoms with Gasteiger partial charge in [-0.05, 0) is 18.2 Å². The lowest BCUT2D eigenvalue weighted by atomic mass is 10.2. The number of alkyl halides is 3. The lowest BCUT2D eigenvalue weighted by molar-refractivity contribution is -0.137. The first-order valence-corrected chi connectivity index (χ1v) is 6.11. The first-order chi connectivity index (χ1) is 8.90. The highest BCUT2D eigenvalue weighted by molar-refractivity contribution is 9.10. The van der Waals surface area contributed by atoms with Crippen LogP contribution < -0.4 is 4.74 Å². The molecule has 2 rings (SSSR count). The Morgan fingerprint density at radius 1 is 1.37 bits per heavy atom. The SMILES string of the molecule is COc1ccc(Br)cc1Cn1cc(C(F)(F)F)cn1. The second-order valence-electron chi connectivity index (χ2n) is 3.88. The number of halogens is 4. The Morgan fingerprint density at radius 3 is 2.68 bits per heavy atom. The van der Waals surface area contributed by atoms with Crippen molar-refractivity contribution < 1.29 is 17.9 Å². The minimum atomic E-state index is -4.38. The third kappa shape index (κ3) is 3.28. The molecule has 7 heteroatoms. The Hall–Kier alpha value is -1.50. The molecule has 0 spiro atoms. The maximum atomic E-state index is 12.5. The fourth-order valence-corrected chi connectivity index (χ4v) is 2.05. The summed E-state index contributed by atoms with van der Waals surface area (Å²) in [6, 6.07) is 5.33. The van der Waals surface area contributed by atoms with E-state index in [-0.39, 0.29) is 6.54 Å². The largest absolute Gasteiger partial charge is 0.496 e. The number of nitrogens with zero attached hydrogens (tertiary/aromatic N) is 2. The molecule has 102 valence electrons. The molecule has 0 fully saturated rings. The minimum absolute atomic E-state index is 0.207. The summed E-state index contributed by atoms with van der Waals surface area (Å²) in [5.74, 6) is 0.604. The van der Waals surface area contributed by atoms with Gasteiger partial charge < -0.3 is 4.74 Å². The van der Waals surface area contributed by atoms with Crippen LogP contribution in [0.3, 0.4) is 0 Å². The molecular weight excluding hydrogens is 325 g/mol. The third-order valence-electron chi connectivity index (χ3n) is 2.54. The summed E-state index contributed by atoms with van der Waals surface area (Å²) < 4.78 is 44.6. The Bertz CT molecular complexity index is 581. The van der Waals surface area contributed by atoms with Gasteiger partial charge in [-0.3, -0.25) is 4.68 Å². The molecule has 0 aliphatic rings. The predicted octanol–water partition coefficient (Wildman–Crippen LogP) is 3.72. The summed E-state index contributed by atoms with van der Waals surface area (Å²) in [5, 5.41) is 3.71. The molecule has 1 aromatic carbocycles. The van der Waals surface area contributed by atoms with Crippen molar-refractivity contribution in [3.63, 3.8) is 0 Å². The van der Waals surface area contributed by atoms with Crippen LogP contribution in [0.25, 0.3) is 0 Å². The van der Waals surface area contributed by atoms with E-state index in [1.165, 1.54) is 11.8 Å². The van der Waals surface area contributed by atoms with Gasteiger partial charge in [0, 0.05) is 16.2 Å². The standard InChI is InChI=1S/C12H10BrF3N2O/c1-19-11-3-2-10(13)4-8(11)6-18-7-9(5-17-18)12(14,15)16/h2-5,7H,6H2,1H3. The van der Waals surface area contributed by atoms with Crippen LogP contribution in [0, 0.1) is 0 Å². The molecule has 0 saturated carbocycles. The molecular formula is C12H10BrF3N2O. The molecule has 0 radical (unpaired) electrons. The van der Waals surface area contributed by atoms with E-state index in [2.05, 4.69) is 21.0 Å². The van der Waals surface area contributed by atoms with E-state index in [1.807, 2.05) is 0 Å². The quantitative estimate of drug-likeness (QED) is 0.855. The fraction of sp³-hybridized carbons (Fsp3) is 0.250. The average Bonchev–Trinajstić information content (AvgIpc) is 2.77. The van der Waals surface area contributed by atoms with Crippen molar-refractivity contribution in [2.45, 2.75) is 12.7 Å². The third-order valence-corrected chi connectivity index (χ3v) is 3.03. The van der Waals surface area contributed by atoms with Gasteiger partial charge in [0.15, 0.2) is 0 Å². The number of rotatable bonds is 3. The molecule has 0 N–H and O–H groups in total. The maximum absolute atomic E-state index is 12.5. The van der Waals surface area contributed by atoms with Crippen LogP contribution in [0.2, 0.25) is 0 Å². The molecule has 1 aromatic heterocycles. The smallest absolute Gasteiger partial charge is 0.419 e. The molecule has 0 atom stereocenters. The fourth-order valence-electron chi connectivity index (χ4n) is 1.64. The van der Waals surface area contributed by atoms with E-state index in [0.717, 1.165) is 22.4 Å². The Morgan fingerprint density at radius 2 is 2.11 bits per heavy atom. The van der Waals surface area contributed by atoms with Gasteiger partial charge in [0.25, 0.3) is 0 Å². The number of hydrogen-bond donors (Lipinski definition) is 0. The molecule has 0 aliphatic carbocycles. The van der Waals surface area contributed by atoms with E-state index in [9.17, 15) is 13.2 Å². The van der Waals surface area contributed by atoms with Crippen LogP contribution in [0.1, 0.15) is 11.1 Å². The van der Waals surface area contributed by atoms with Crippen LogP contribution >= 0.6 is 15.9 Å². The second kappa shape index (κ2) is 5.24. The van der Waals surface area contributed by atoms with Gasteiger partial charge >= 0.3 is 6.18 Å². The van der Waals surface area contributed by atoms with E-state index in [4.69, 9.17) is 4.74 Å². The molecule has 0 aliphatic heterocycles. The van der Waals surface area contributed by atoms with E-state index in [1.54, 1.807) is 18.2 Å². The number of hydrogen-bond acceptors (Lipinski definition) is 2. The highest BCUT2D eigenvalue weighted by Gasteiger charge is 2.32. The number of methoxy groups -OCH3 is 1. The summed E-state index contributed by atoms with van der Waals surface area (Å²) >= 11 is 3.31. The number of benzene rings is 1. The van der Waals surface area contributed by atoms with Gasteiger partial charge in [-0.25, -0.2) is 0 Å². The number of aromatic nitrogens is 2. The van der Waals surface area contributed by atoms with E-state index < -0.39 is 11.7 Å². The van der Waals surface area contributed by atoms with Crippen molar-refractivity contribution in [1.29, 1.82) is 0 Å². The first-order valence-electron chi connectivity index (χ1n) is 5.32. The molecule has 1 heterocycles. The van der Waals surface area contributed by atoms with Gasteiger partial charge in [-0.1, -0.05) is 15.9 Å². The second-order valence-corrected chi connectivity index (χ2v) is 4.80. The van der Waals surface area contributed by atoms with Crippen molar-refractivity contribution in [2.24, 2.45) is 0 Å². The topological polar surface area (TPSA) is 27.1 Å². The number of ether oxygens (including phenoxy) is 1. The van der Waals surface area contributed by atoms with Crippen molar-refractivity contribution in [3.05, 3.63) is 46.2 Å². The van der Waals surface area contributed by atoms with Crippen LogP contribution in [-0.4, -0.2) is 16.9 Å². The molecule has 0 saturated heterocycles. The monoisotopic (exact) mass is 334 g/mol. The van der Waals surface area contributed by atoms with Crippen LogP contribution in [0.15, 0.2) is 35.1 Å². The van der Waals surface area contributed by atoms with Gasteiger partial charge in [0.2, 0.25) is 0 Å². The molecule has 0 unspecified atom stereocenters. The Balaban J connectivity index is 2.26. The zero-order valence-corrected chi connectivity index (χ0v) is 11.5. The summed E-state index contributed by atoms with van der Waals surface area (Å²) in [5.41, 5.74) is -0.0184. The minimum Gasteiger partial charge on any atom is -0.496 e. The average molecular weight is 335 g/mol. The lowest BCUT2D eigenvalue weighted by Crippen LogP contribution is -2.04. The highest BCUT2D eigenvalue weighted by Crippen LogP contribution is 2.29. The molecule has 2 aromatic rings. The van der Waals surface area contributed by atoms with Gasteiger partial charge in [-0.2, -0.15) is 18.3 Å². The lowest BCUT2D eigenvalue weighted by Gasteiger charge is -2.09. The Kier molecular flexibility index (Phi) is 3.84. The first kappa shape index (κ1) is 13.9. The van der Waals surface area contributed by atoms with Crippen molar-refractivity contribution >= 4 is 15.9 Å². The van der Waals surface area contributed by atoms with Gasteiger partial charge in [0.1, 0.15) is 5.75 Å². The predicted molar refractivity (Wildman–Crippen MR) is 67.0 cm³/mol. The van der Waals surface area contributed by atoms with Crippen LogP contribution in [-0.2, 0) is 12.7 Å². The highest BCUT2D eigenvalue weighted by atomic mass is 79.9. The van der Waals surface area contributed by atoms with E-state index >= 15 is 0 Å². The van der Waals surface area contributed by atoms with Crippen molar-refractivity contribution in [1.82, 2.24) is 9.78 Å².